The molecule has 0 amide bonds. The molecule has 0 aromatic rings. The van der Waals surface area contributed by atoms with Crippen LogP contribution in [-0.4, -0.2) is 64.7 Å². The summed E-state index contributed by atoms with van der Waals surface area (Å²) in [6.07, 6.45) is 0.820. The van der Waals surface area contributed by atoms with Crippen molar-refractivity contribution in [2.45, 2.75) is 97.1 Å². The Balaban J connectivity index is 2.62. The fourth-order valence-corrected chi connectivity index (χ4v) is 3.84. The van der Waals surface area contributed by atoms with Gasteiger partial charge in [-0.25, -0.2) is 4.79 Å². The van der Waals surface area contributed by atoms with E-state index in [2.05, 4.69) is 25.5 Å². The van der Waals surface area contributed by atoms with Crippen molar-refractivity contribution in [3.05, 3.63) is 12.2 Å². The van der Waals surface area contributed by atoms with Crippen molar-refractivity contribution in [3.63, 3.8) is 0 Å². The van der Waals surface area contributed by atoms with Gasteiger partial charge in [0.25, 0.3) is 0 Å². The minimum atomic E-state index is -0.879. The van der Waals surface area contributed by atoms with Crippen LogP contribution in [0.4, 0.5) is 0 Å². The molecule has 1 aliphatic rings. The maximum absolute atomic E-state index is 11.0. The molecule has 0 radical (unpaired) electrons. The zero-order chi connectivity index (χ0) is 22.4. The quantitative estimate of drug-likeness (QED) is 0.371. The van der Waals surface area contributed by atoms with Crippen molar-refractivity contribution in [1.29, 1.82) is 0 Å². The van der Waals surface area contributed by atoms with Crippen molar-refractivity contribution >= 4 is 5.97 Å². The summed E-state index contributed by atoms with van der Waals surface area (Å²) in [6, 6.07) is 0. The van der Waals surface area contributed by atoms with Crippen molar-refractivity contribution in [2.24, 2.45) is 17.8 Å². The molecule has 0 spiro atoms. The van der Waals surface area contributed by atoms with E-state index in [0.29, 0.717) is 12.3 Å². The lowest BCUT2D eigenvalue weighted by atomic mass is 9.83. The van der Waals surface area contributed by atoms with E-state index < -0.39 is 36.0 Å². The normalized spacial score (nSPS) is 28.9. The summed E-state index contributed by atoms with van der Waals surface area (Å²) in [5.74, 6) is -1.22. The maximum Gasteiger partial charge on any atom is 0.330 e. The molecule has 0 unspecified atom stereocenters. The third kappa shape index (κ3) is 8.34. The molecule has 0 aromatic heterocycles. The molecule has 29 heavy (non-hydrogen) atoms. The molecular weight excluding hydrogens is 376 g/mol. The summed E-state index contributed by atoms with van der Waals surface area (Å²) in [5.41, 5.74) is 0. The standard InChI is InChI=1S/C22H40O7/c1-13(2)21-15(4)19(28-22(5,6)29-21)12-18(25)14(3)17(24)11-16(23)9-8-10-20(26)27-7/h8,10,13-19,21,23-25H,9,11-12H2,1-7H3/b10-8+/t14-,15-,16-,17-,18+,19-,21+/m0/s1. The van der Waals surface area contributed by atoms with Gasteiger partial charge in [0.05, 0.1) is 37.6 Å². The monoisotopic (exact) mass is 416 g/mol. The highest BCUT2D eigenvalue weighted by molar-refractivity contribution is 5.81. The van der Waals surface area contributed by atoms with Crippen LogP contribution in [0.1, 0.15) is 60.8 Å². The van der Waals surface area contributed by atoms with Crippen LogP contribution < -0.4 is 0 Å². The third-order valence-corrected chi connectivity index (χ3v) is 5.68. The molecule has 1 aliphatic heterocycles. The van der Waals surface area contributed by atoms with Crippen LogP contribution in [0.5, 0.6) is 0 Å². The second kappa shape index (κ2) is 11.4. The fourth-order valence-electron chi connectivity index (χ4n) is 3.84. The van der Waals surface area contributed by atoms with Gasteiger partial charge in [-0.2, -0.15) is 0 Å². The molecule has 7 atom stereocenters. The maximum atomic E-state index is 11.0. The van der Waals surface area contributed by atoms with Gasteiger partial charge in [0.15, 0.2) is 5.79 Å². The summed E-state index contributed by atoms with van der Waals surface area (Å²) >= 11 is 0. The van der Waals surface area contributed by atoms with E-state index in [1.54, 1.807) is 6.92 Å². The van der Waals surface area contributed by atoms with Gasteiger partial charge in [-0.1, -0.05) is 33.8 Å². The molecule has 0 saturated carbocycles. The number of carbonyl (C=O) groups is 1. The molecule has 7 heteroatoms. The average molecular weight is 417 g/mol. The van der Waals surface area contributed by atoms with Crippen LogP contribution in [0.25, 0.3) is 0 Å². The van der Waals surface area contributed by atoms with Gasteiger partial charge < -0.3 is 29.5 Å². The van der Waals surface area contributed by atoms with E-state index in [9.17, 15) is 20.1 Å². The fraction of sp³-hybridized carbons (Fsp3) is 0.864. The number of aliphatic hydroxyl groups is 3. The topological polar surface area (TPSA) is 105 Å². The SMILES string of the molecule is COC(=O)/C=C/C[C@H](O)C[C@H](O)[C@H](C)[C@H](O)C[C@@H]1OC(C)(C)O[C@H](C(C)C)[C@H]1C. The molecular formula is C22H40O7. The smallest absolute Gasteiger partial charge is 0.330 e. The lowest BCUT2D eigenvalue weighted by Gasteiger charge is -2.47. The van der Waals surface area contributed by atoms with Gasteiger partial charge in [0.2, 0.25) is 0 Å². The number of rotatable bonds is 10. The van der Waals surface area contributed by atoms with Gasteiger partial charge in [-0.3, -0.25) is 0 Å². The summed E-state index contributed by atoms with van der Waals surface area (Å²) in [4.78, 5) is 11.0. The second-order valence-corrected chi connectivity index (χ2v) is 9.02. The first-order valence-electron chi connectivity index (χ1n) is 10.5. The molecule has 0 aliphatic carbocycles. The van der Waals surface area contributed by atoms with E-state index in [4.69, 9.17) is 9.47 Å². The van der Waals surface area contributed by atoms with Crippen LogP contribution in [0, 0.1) is 17.8 Å². The van der Waals surface area contributed by atoms with Crippen LogP contribution in [0.3, 0.4) is 0 Å². The minimum Gasteiger partial charge on any atom is -0.466 e. The van der Waals surface area contributed by atoms with Crippen molar-refractivity contribution in [2.75, 3.05) is 7.11 Å². The Morgan fingerprint density at radius 3 is 2.31 bits per heavy atom. The number of ether oxygens (including phenoxy) is 3. The average Bonchev–Trinajstić information content (AvgIpc) is 2.62. The van der Waals surface area contributed by atoms with Crippen molar-refractivity contribution < 1.29 is 34.3 Å². The molecule has 1 fully saturated rings. The molecule has 3 N–H and O–H groups in total. The minimum absolute atomic E-state index is 0.0274. The van der Waals surface area contributed by atoms with E-state index in [0.717, 1.165) is 0 Å². The van der Waals surface area contributed by atoms with Crippen LogP contribution in [0.15, 0.2) is 12.2 Å². The lowest BCUT2D eigenvalue weighted by molar-refractivity contribution is -0.329. The van der Waals surface area contributed by atoms with Gasteiger partial charge in [0.1, 0.15) is 0 Å². The van der Waals surface area contributed by atoms with Gasteiger partial charge in [-0.05, 0) is 32.6 Å². The number of esters is 1. The Morgan fingerprint density at radius 1 is 1.14 bits per heavy atom. The highest BCUT2D eigenvalue weighted by atomic mass is 16.7. The second-order valence-electron chi connectivity index (χ2n) is 9.02. The van der Waals surface area contributed by atoms with Crippen molar-refractivity contribution in [1.82, 2.24) is 0 Å². The first kappa shape index (κ1) is 26.0. The van der Waals surface area contributed by atoms with E-state index in [-0.39, 0.29) is 31.0 Å². The molecule has 170 valence electrons. The van der Waals surface area contributed by atoms with E-state index in [1.165, 1.54) is 19.3 Å². The molecule has 1 heterocycles. The number of carbonyl (C=O) groups excluding carboxylic acids is 1. The Kier molecular flexibility index (Phi) is 10.3. The molecule has 7 nitrogen and oxygen atoms in total. The lowest BCUT2D eigenvalue weighted by Crippen LogP contribution is -2.53. The third-order valence-electron chi connectivity index (χ3n) is 5.68. The Bertz CT molecular complexity index is 531. The Morgan fingerprint density at radius 2 is 1.76 bits per heavy atom. The number of hydrogen-bond acceptors (Lipinski definition) is 7. The van der Waals surface area contributed by atoms with Crippen LogP contribution in [-0.2, 0) is 19.0 Å². The van der Waals surface area contributed by atoms with Crippen LogP contribution >= 0.6 is 0 Å². The van der Waals surface area contributed by atoms with Crippen molar-refractivity contribution in [3.8, 4) is 0 Å². The predicted octanol–water partition coefficient (Wildman–Crippen LogP) is 2.42. The Hall–Kier alpha value is -0.990. The summed E-state index contributed by atoms with van der Waals surface area (Å²) in [5, 5.41) is 31.2. The number of hydrogen-bond donors (Lipinski definition) is 3. The zero-order valence-corrected chi connectivity index (χ0v) is 18.9. The van der Waals surface area contributed by atoms with Gasteiger partial charge >= 0.3 is 5.97 Å². The predicted molar refractivity (Wildman–Crippen MR) is 110 cm³/mol. The van der Waals surface area contributed by atoms with Gasteiger partial charge in [0, 0.05) is 24.3 Å². The van der Waals surface area contributed by atoms with Crippen LogP contribution in [0.2, 0.25) is 0 Å². The summed E-state index contributed by atoms with van der Waals surface area (Å²) in [7, 11) is 1.28. The zero-order valence-electron chi connectivity index (χ0n) is 18.9. The largest absolute Gasteiger partial charge is 0.466 e. The molecule has 0 aromatic carbocycles. The molecule has 0 bridgehead atoms. The Labute approximate surface area is 175 Å². The summed E-state index contributed by atoms with van der Waals surface area (Å²) < 4.78 is 16.6. The summed E-state index contributed by atoms with van der Waals surface area (Å²) in [6.45, 7) is 11.8. The first-order chi connectivity index (χ1) is 13.4. The van der Waals surface area contributed by atoms with E-state index >= 15 is 0 Å². The number of methoxy groups -OCH3 is 1. The number of aliphatic hydroxyl groups excluding tert-OH is 3. The van der Waals surface area contributed by atoms with Gasteiger partial charge in [-0.15, -0.1) is 0 Å². The highest BCUT2D eigenvalue weighted by Gasteiger charge is 2.43. The van der Waals surface area contributed by atoms with E-state index in [1.807, 2.05) is 13.8 Å². The first-order valence-corrected chi connectivity index (χ1v) is 10.5. The molecule has 1 saturated heterocycles. The molecule has 1 rings (SSSR count). The highest BCUT2D eigenvalue weighted by Crippen LogP contribution is 2.37.